The molecule has 0 unspecified atom stereocenters. The number of morpholine rings is 1. The van der Waals surface area contributed by atoms with E-state index in [1.807, 2.05) is 17.0 Å². The SMILES string of the molecule is CC(C)CCN1CCC(Oc2ccc(C(=O)N3CCOCC3)cn2)CC1. The van der Waals surface area contributed by atoms with Crippen LogP contribution in [0, 0.1) is 5.92 Å². The number of piperidine rings is 1. The highest BCUT2D eigenvalue weighted by atomic mass is 16.5. The van der Waals surface area contributed by atoms with Crippen LogP contribution in [0.5, 0.6) is 5.88 Å². The lowest BCUT2D eigenvalue weighted by atomic mass is 10.1. The van der Waals surface area contributed by atoms with E-state index < -0.39 is 0 Å². The lowest BCUT2D eigenvalue weighted by Crippen LogP contribution is -2.40. The quantitative estimate of drug-likeness (QED) is 0.779. The fraction of sp³-hybridized carbons (Fsp3) is 0.700. The van der Waals surface area contributed by atoms with Crippen LogP contribution in [0.4, 0.5) is 0 Å². The minimum atomic E-state index is 0.0193. The van der Waals surface area contributed by atoms with E-state index in [2.05, 4.69) is 23.7 Å². The Morgan fingerprint density at radius 3 is 2.58 bits per heavy atom. The van der Waals surface area contributed by atoms with Gasteiger partial charge in [0.15, 0.2) is 0 Å². The number of carbonyl (C=O) groups excluding carboxylic acids is 1. The van der Waals surface area contributed by atoms with E-state index in [0.29, 0.717) is 37.7 Å². The molecule has 0 aromatic carbocycles. The first kappa shape index (κ1) is 19.1. The van der Waals surface area contributed by atoms with E-state index in [-0.39, 0.29) is 12.0 Å². The monoisotopic (exact) mass is 361 g/mol. The van der Waals surface area contributed by atoms with Gasteiger partial charge >= 0.3 is 0 Å². The smallest absolute Gasteiger partial charge is 0.255 e. The fourth-order valence-electron chi connectivity index (χ4n) is 3.39. The van der Waals surface area contributed by atoms with Crippen molar-refractivity contribution < 1.29 is 14.3 Å². The van der Waals surface area contributed by atoms with Gasteiger partial charge in [-0.2, -0.15) is 0 Å². The summed E-state index contributed by atoms with van der Waals surface area (Å²) in [5, 5.41) is 0. The average Bonchev–Trinajstić information content (AvgIpc) is 2.68. The standard InChI is InChI=1S/C20H31N3O3/c1-16(2)5-8-22-9-6-18(7-10-22)26-19-4-3-17(15-21-19)20(24)23-11-13-25-14-12-23/h3-4,15-16,18H,5-14H2,1-2H3. The Bertz CT molecular complexity index is 562. The second-order valence-corrected chi connectivity index (χ2v) is 7.63. The fourth-order valence-corrected chi connectivity index (χ4v) is 3.39. The topological polar surface area (TPSA) is 54.9 Å². The summed E-state index contributed by atoms with van der Waals surface area (Å²) in [6, 6.07) is 3.64. The molecular weight excluding hydrogens is 330 g/mol. The van der Waals surface area contributed by atoms with Gasteiger partial charge < -0.3 is 19.3 Å². The first-order valence-electron chi connectivity index (χ1n) is 9.84. The number of amides is 1. The summed E-state index contributed by atoms with van der Waals surface area (Å²) in [6.45, 7) is 10.4. The number of ether oxygens (including phenoxy) is 2. The van der Waals surface area contributed by atoms with Crippen molar-refractivity contribution in [1.82, 2.24) is 14.8 Å². The summed E-state index contributed by atoms with van der Waals surface area (Å²) in [5.74, 6) is 1.39. The van der Waals surface area contributed by atoms with E-state index in [1.54, 1.807) is 6.20 Å². The number of likely N-dealkylation sites (tertiary alicyclic amines) is 1. The highest BCUT2D eigenvalue weighted by Gasteiger charge is 2.22. The number of pyridine rings is 1. The molecular formula is C20H31N3O3. The van der Waals surface area contributed by atoms with Gasteiger partial charge in [-0.05, 0) is 37.8 Å². The van der Waals surface area contributed by atoms with Crippen molar-refractivity contribution in [2.75, 3.05) is 45.9 Å². The van der Waals surface area contributed by atoms with E-state index in [9.17, 15) is 4.79 Å². The Balaban J connectivity index is 1.45. The highest BCUT2D eigenvalue weighted by Crippen LogP contribution is 2.19. The van der Waals surface area contributed by atoms with Gasteiger partial charge in [0.2, 0.25) is 5.88 Å². The summed E-state index contributed by atoms with van der Waals surface area (Å²) in [4.78, 5) is 21.1. The number of nitrogens with zero attached hydrogens (tertiary/aromatic N) is 3. The molecule has 0 N–H and O–H groups in total. The molecule has 1 amide bonds. The van der Waals surface area contributed by atoms with Gasteiger partial charge in [-0.1, -0.05) is 13.8 Å². The predicted molar refractivity (Wildman–Crippen MR) is 101 cm³/mol. The minimum absolute atomic E-state index is 0.0193. The molecule has 0 bridgehead atoms. The summed E-state index contributed by atoms with van der Waals surface area (Å²) in [6.07, 6.45) is 5.18. The maximum absolute atomic E-state index is 12.4. The highest BCUT2D eigenvalue weighted by molar-refractivity contribution is 5.94. The van der Waals surface area contributed by atoms with Crippen molar-refractivity contribution in [3.8, 4) is 5.88 Å². The van der Waals surface area contributed by atoms with Crippen molar-refractivity contribution in [2.24, 2.45) is 5.92 Å². The third kappa shape index (κ3) is 5.42. The van der Waals surface area contributed by atoms with Gasteiger partial charge in [-0.3, -0.25) is 4.79 Å². The Morgan fingerprint density at radius 1 is 1.23 bits per heavy atom. The zero-order chi connectivity index (χ0) is 18.4. The van der Waals surface area contributed by atoms with Crippen LogP contribution in [0.1, 0.15) is 43.5 Å². The predicted octanol–water partition coefficient (Wildman–Crippen LogP) is 2.44. The maximum Gasteiger partial charge on any atom is 0.255 e. The summed E-state index contributed by atoms with van der Waals surface area (Å²) in [7, 11) is 0. The summed E-state index contributed by atoms with van der Waals surface area (Å²) >= 11 is 0. The summed E-state index contributed by atoms with van der Waals surface area (Å²) < 4.78 is 11.3. The first-order valence-corrected chi connectivity index (χ1v) is 9.84. The molecule has 6 nitrogen and oxygen atoms in total. The molecule has 1 aromatic heterocycles. The van der Waals surface area contributed by atoms with Gasteiger partial charge in [0.25, 0.3) is 5.91 Å². The molecule has 2 fully saturated rings. The lowest BCUT2D eigenvalue weighted by Gasteiger charge is -2.32. The molecule has 144 valence electrons. The van der Waals surface area contributed by atoms with Gasteiger partial charge in [-0.15, -0.1) is 0 Å². The Kier molecular flexibility index (Phi) is 6.86. The van der Waals surface area contributed by atoms with Gasteiger partial charge in [0.1, 0.15) is 6.10 Å². The first-order chi connectivity index (χ1) is 12.6. The van der Waals surface area contributed by atoms with Crippen molar-refractivity contribution in [3.63, 3.8) is 0 Å². The molecule has 0 atom stereocenters. The molecule has 2 aliphatic heterocycles. The van der Waals surface area contributed by atoms with Crippen LogP contribution in [0.3, 0.4) is 0 Å². The molecule has 0 saturated carbocycles. The molecule has 2 aliphatic rings. The van der Waals surface area contributed by atoms with E-state index in [0.717, 1.165) is 31.8 Å². The van der Waals surface area contributed by atoms with Crippen LogP contribution in [0.15, 0.2) is 18.3 Å². The zero-order valence-corrected chi connectivity index (χ0v) is 16.0. The third-order valence-electron chi connectivity index (χ3n) is 5.13. The van der Waals surface area contributed by atoms with Crippen molar-refractivity contribution in [2.45, 2.75) is 39.2 Å². The van der Waals surface area contributed by atoms with Gasteiger partial charge in [0.05, 0.1) is 18.8 Å². The molecule has 0 aliphatic carbocycles. The normalized spacial score (nSPS) is 19.7. The van der Waals surface area contributed by atoms with Gasteiger partial charge in [-0.25, -0.2) is 4.98 Å². The molecule has 3 rings (SSSR count). The molecule has 1 aromatic rings. The van der Waals surface area contributed by atoms with Crippen molar-refractivity contribution >= 4 is 5.91 Å². The van der Waals surface area contributed by atoms with Crippen LogP contribution < -0.4 is 4.74 Å². The Morgan fingerprint density at radius 2 is 1.96 bits per heavy atom. The number of hydrogen-bond donors (Lipinski definition) is 0. The third-order valence-corrected chi connectivity index (χ3v) is 5.13. The van der Waals surface area contributed by atoms with Crippen LogP contribution in [0.25, 0.3) is 0 Å². The number of aromatic nitrogens is 1. The molecule has 0 spiro atoms. The zero-order valence-electron chi connectivity index (χ0n) is 16.0. The Labute approximate surface area is 156 Å². The number of hydrogen-bond acceptors (Lipinski definition) is 5. The lowest BCUT2D eigenvalue weighted by molar-refractivity contribution is 0.0302. The van der Waals surface area contributed by atoms with Crippen LogP contribution in [0.2, 0.25) is 0 Å². The molecule has 6 heteroatoms. The van der Waals surface area contributed by atoms with Crippen LogP contribution in [-0.4, -0.2) is 72.7 Å². The maximum atomic E-state index is 12.4. The number of rotatable bonds is 6. The minimum Gasteiger partial charge on any atom is -0.474 e. The number of carbonyl (C=O) groups is 1. The van der Waals surface area contributed by atoms with Gasteiger partial charge in [0, 0.05) is 38.4 Å². The van der Waals surface area contributed by atoms with E-state index in [4.69, 9.17) is 9.47 Å². The largest absolute Gasteiger partial charge is 0.474 e. The second-order valence-electron chi connectivity index (χ2n) is 7.63. The molecule has 0 radical (unpaired) electrons. The van der Waals surface area contributed by atoms with E-state index >= 15 is 0 Å². The Hall–Kier alpha value is -1.66. The van der Waals surface area contributed by atoms with Crippen LogP contribution >= 0.6 is 0 Å². The summed E-state index contributed by atoms with van der Waals surface area (Å²) in [5.41, 5.74) is 0.614. The second kappa shape index (κ2) is 9.33. The molecule has 26 heavy (non-hydrogen) atoms. The van der Waals surface area contributed by atoms with E-state index in [1.165, 1.54) is 13.0 Å². The van der Waals surface area contributed by atoms with Crippen molar-refractivity contribution in [3.05, 3.63) is 23.9 Å². The molecule has 3 heterocycles. The van der Waals surface area contributed by atoms with Crippen molar-refractivity contribution in [1.29, 1.82) is 0 Å². The van der Waals surface area contributed by atoms with Crippen LogP contribution in [-0.2, 0) is 4.74 Å². The molecule has 2 saturated heterocycles. The average molecular weight is 361 g/mol.